The molecule has 0 atom stereocenters. The maximum absolute atomic E-state index is 2.42. The van der Waals surface area contributed by atoms with Crippen LogP contribution in [0.1, 0.15) is 0 Å². The second-order valence-electron chi connectivity index (χ2n) is 33.3. The Labute approximate surface area is 729 Å². The predicted octanol–water partition coefficient (Wildman–Crippen LogP) is 34.5. The molecule has 0 radical (unpaired) electrons. The second-order valence-corrected chi connectivity index (χ2v) is 33.3. The minimum Gasteiger partial charge on any atom is -0.309 e. The van der Waals surface area contributed by atoms with Gasteiger partial charge in [-0.05, 0) is 283 Å². The summed E-state index contributed by atoms with van der Waals surface area (Å²) in [4.78, 5) is 0. The first-order valence-electron chi connectivity index (χ1n) is 43.6. The average Bonchev–Trinajstić information content (AvgIpc) is 1.64. The fraction of sp³-hybridized carbons (Fsp3) is 0. The molecule has 0 saturated carbocycles. The topological polar surface area (TPSA) is 9.86 Å². The van der Waals surface area contributed by atoms with E-state index in [-0.39, 0.29) is 0 Å². The quantitative estimate of drug-likeness (QED) is 0.128. The third-order valence-electron chi connectivity index (χ3n) is 26.1. The van der Waals surface area contributed by atoms with E-state index in [0.29, 0.717) is 0 Å². The van der Waals surface area contributed by atoms with Crippen molar-refractivity contribution in [2.75, 3.05) is 0 Å². The molecule has 0 spiro atoms. The molecule has 126 heavy (non-hydrogen) atoms. The van der Waals surface area contributed by atoms with Crippen LogP contribution in [0.15, 0.2) is 485 Å². The number of nitrogens with zero attached hydrogens (tertiary/aromatic N) is 2. The van der Waals surface area contributed by atoms with Crippen LogP contribution in [0, 0.1) is 0 Å². The van der Waals surface area contributed by atoms with Crippen LogP contribution in [0.4, 0.5) is 0 Å². The van der Waals surface area contributed by atoms with Crippen molar-refractivity contribution in [2.24, 2.45) is 0 Å². The Morgan fingerprint density at radius 1 is 0.111 bits per heavy atom. The summed E-state index contributed by atoms with van der Waals surface area (Å²) in [5.74, 6) is 0. The minimum absolute atomic E-state index is 1.16. The Hall–Kier alpha value is -16.5. The molecule has 2 heteroatoms. The summed E-state index contributed by atoms with van der Waals surface area (Å²) in [6, 6.07) is 177. The second kappa shape index (κ2) is 30.9. The van der Waals surface area contributed by atoms with Crippen molar-refractivity contribution in [3.8, 4) is 89.3 Å². The zero-order chi connectivity index (χ0) is 83.1. The lowest BCUT2D eigenvalue weighted by Crippen LogP contribution is -1.96. The maximum Gasteiger partial charge on any atom is 0.0547 e. The minimum atomic E-state index is 1.16. The highest BCUT2D eigenvalue weighted by molar-refractivity contribution is 6.29. The van der Waals surface area contributed by atoms with Crippen molar-refractivity contribution >= 4 is 151 Å². The smallest absolute Gasteiger partial charge is 0.0547 e. The van der Waals surface area contributed by atoms with Gasteiger partial charge in [-0.1, -0.05) is 388 Å². The van der Waals surface area contributed by atoms with Crippen LogP contribution in [0.2, 0.25) is 0 Å². The molecule has 26 aromatic rings. The number of para-hydroxylation sites is 4. The van der Waals surface area contributed by atoms with E-state index in [1.54, 1.807) is 0 Å². The highest BCUT2D eigenvalue weighted by atomic mass is 15.0. The number of rotatable bonds is 9. The zero-order valence-electron chi connectivity index (χ0n) is 69.1. The van der Waals surface area contributed by atoms with Gasteiger partial charge in [0, 0.05) is 32.9 Å². The molecule has 0 saturated heterocycles. The molecule has 2 heterocycles. The Morgan fingerprint density at radius 3 is 0.802 bits per heavy atom. The molecule has 2 aromatic heterocycles. The number of aromatic nitrogens is 2. The first-order chi connectivity index (χ1) is 62.5. The van der Waals surface area contributed by atoms with Crippen molar-refractivity contribution in [1.82, 2.24) is 9.13 Å². The van der Waals surface area contributed by atoms with Gasteiger partial charge in [0.25, 0.3) is 0 Å². The van der Waals surface area contributed by atoms with Gasteiger partial charge in [0.2, 0.25) is 0 Å². The van der Waals surface area contributed by atoms with E-state index >= 15 is 0 Å². The lowest BCUT2D eigenvalue weighted by atomic mass is 9.89. The monoisotopic (exact) mass is 1600 g/mol. The molecule has 0 aliphatic rings. The molecule has 0 unspecified atom stereocenters. The van der Waals surface area contributed by atoms with E-state index in [1.807, 2.05) is 0 Å². The fourth-order valence-corrected chi connectivity index (χ4v) is 20.3. The van der Waals surface area contributed by atoms with Gasteiger partial charge in [-0.3, -0.25) is 0 Å². The fourth-order valence-electron chi connectivity index (χ4n) is 20.3. The highest BCUT2D eigenvalue weighted by Crippen LogP contribution is 2.46. The van der Waals surface area contributed by atoms with Gasteiger partial charge in [-0.25, -0.2) is 0 Å². The van der Waals surface area contributed by atoms with Crippen LogP contribution in [-0.4, -0.2) is 9.13 Å². The van der Waals surface area contributed by atoms with Crippen LogP contribution < -0.4 is 0 Å². The van der Waals surface area contributed by atoms with E-state index in [0.717, 1.165) is 5.69 Å². The van der Waals surface area contributed by atoms with Gasteiger partial charge in [-0.15, -0.1) is 0 Å². The largest absolute Gasteiger partial charge is 0.309 e. The number of hydrogen-bond donors (Lipinski definition) is 0. The lowest BCUT2D eigenvalue weighted by Gasteiger charge is -2.15. The molecule has 24 aromatic carbocycles. The molecule has 0 bridgehead atoms. The van der Waals surface area contributed by atoms with Crippen LogP contribution >= 0.6 is 0 Å². The third-order valence-corrected chi connectivity index (χ3v) is 26.1. The number of fused-ring (bicyclic) bond motifs is 25. The molecule has 2 nitrogen and oxygen atoms in total. The van der Waals surface area contributed by atoms with E-state index in [4.69, 9.17) is 0 Å². The summed E-state index contributed by atoms with van der Waals surface area (Å²) >= 11 is 0. The normalized spacial score (nSPS) is 11.7. The van der Waals surface area contributed by atoms with E-state index in [2.05, 4.69) is 494 Å². The van der Waals surface area contributed by atoms with Gasteiger partial charge in [0.1, 0.15) is 0 Å². The van der Waals surface area contributed by atoms with Crippen LogP contribution in [-0.2, 0) is 0 Å². The van der Waals surface area contributed by atoms with Gasteiger partial charge in [0.15, 0.2) is 0 Å². The Bertz CT molecular complexity index is 8660. The molecule has 0 N–H and O–H groups in total. The van der Waals surface area contributed by atoms with E-state index in [9.17, 15) is 0 Å². The van der Waals surface area contributed by atoms with Crippen molar-refractivity contribution in [1.29, 1.82) is 0 Å². The summed E-state index contributed by atoms with van der Waals surface area (Å²) < 4.78 is 4.80. The van der Waals surface area contributed by atoms with Gasteiger partial charge in [0.05, 0.1) is 22.1 Å². The standard InChI is InChI=1S/2C42H27N.C40H26/c1-2-12-28(13-3-1)30-24-31(26-32(25-30)43-41-20-10-8-18-38(41)39-19-9-11-21-42(39)43)29-22-23-37-35-16-5-4-14-33(35)34-15-6-7-17-36(34)40(37)27-29;1-2-11-31(12-3-1)43-40-19-9-8-17-38(40)42-32(18-10-20-41(42)43)29-23-21-28(22-24-29)30-25-26-37-35-15-5-4-13-33(35)34-14-6-7-16-36(34)39(37)27-30;1-2-10-27(11-3-1)32-23-33(30-19-18-28-12-4-5-13-29(28)22-30)25-34(24-32)31-20-21-39-37-16-7-6-14-35(37)36-15-8-9-17-38(36)40(39)26-31/h2*1-27H;1-26H. The predicted molar refractivity (Wildman–Crippen MR) is 541 cm³/mol. The van der Waals surface area contributed by atoms with Crippen molar-refractivity contribution in [3.05, 3.63) is 485 Å². The SMILES string of the molecule is c1ccc(-c2cc(-c3ccc4c5ccccc5c5ccccc5c4c3)cc(-n3c4ccccc4c4ccccc43)c2)cc1.c1ccc(-c2cc(-c3ccc4ccccc4c3)cc(-c3ccc4c5ccccc5c5ccccc5c4c3)c2)cc1.c1ccc(-n2c3ccccc3c3c(-c4ccc(-c5ccc6c7ccccc7c7ccccc7c6c5)cc4)cccc32)cc1. The molecule has 26 rings (SSSR count). The summed E-state index contributed by atoms with van der Waals surface area (Å²) in [5.41, 5.74) is 24.4. The summed E-state index contributed by atoms with van der Waals surface area (Å²) in [6.45, 7) is 0. The van der Waals surface area contributed by atoms with E-state index in [1.165, 1.54) is 235 Å². The van der Waals surface area contributed by atoms with Crippen molar-refractivity contribution < 1.29 is 0 Å². The van der Waals surface area contributed by atoms with Crippen LogP contribution in [0.5, 0.6) is 0 Å². The summed E-state index contributed by atoms with van der Waals surface area (Å²) in [5, 5.41) is 31.0. The van der Waals surface area contributed by atoms with E-state index < -0.39 is 0 Å². The van der Waals surface area contributed by atoms with Gasteiger partial charge >= 0.3 is 0 Å². The zero-order valence-corrected chi connectivity index (χ0v) is 69.1. The van der Waals surface area contributed by atoms with Gasteiger partial charge < -0.3 is 9.13 Å². The molecular formula is C124H80N2. The van der Waals surface area contributed by atoms with Gasteiger partial charge in [-0.2, -0.15) is 0 Å². The molecule has 0 aliphatic heterocycles. The summed E-state index contributed by atoms with van der Waals surface area (Å²) in [7, 11) is 0. The van der Waals surface area contributed by atoms with Crippen LogP contribution in [0.25, 0.3) is 241 Å². The molecule has 0 aliphatic carbocycles. The summed E-state index contributed by atoms with van der Waals surface area (Å²) in [6.07, 6.45) is 0. The average molecular weight is 1600 g/mol. The Kier molecular flexibility index (Phi) is 18.0. The first kappa shape index (κ1) is 73.4. The Balaban J connectivity index is 0.000000106. The molecule has 0 fully saturated rings. The molecule has 586 valence electrons. The number of hydrogen-bond acceptors (Lipinski definition) is 0. The Morgan fingerprint density at radius 2 is 0.373 bits per heavy atom. The number of benzene rings is 24. The highest BCUT2D eigenvalue weighted by Gasteiger charge is 2.21. The van der Waals surface area contributed by atoms with Crippen molar-refractivity contribution in [2.45, 2.75) is 0 Å². The van der Waals surface area contributed by atoms with Crippen molar-refractivity contribution in [3.63, 3.8) is 0 Å². The molecule has 0 amide bonds. The first-order valence-corrected chi connectivity index (χ1v) is 43.6. The lowest BCUT2D eigenvalue weighted by molar-refractivity contribution is 1.18. The third kappa shape index (κ3) is 12.7. The maximum atomic E-state index is 2.42. The molecular weight excluding hydrogens is 1520 g/mol. The van der Waals surface area contributed by atoms with Crippen LogP contribution in [0.3, 0.4) is 0 Å².